The Kier molecular flexibility index (Phi) is 10.1. The van der Waals surface area contributed by atoms with Crippen LogP contribution in [0.25, 0.3) is 27.9 Å². The maximum Gasteiger partial charge on any atom is 0.410 e. The van der Waals surface area contributed by atoms with Gasteiger partial charge in [-0.1, -0.05) is 25.1 Å². The molecule has 286 valence electrons. The number of ether oxygens (including phenoxy) is 2. The van der Waals surface area contributed by atoms with Crippen molar-refractivity contribution in [2.45, 2.75) is 52.7 Å². The van der Waals surface area contributed by atoms with E-state index >= 15 is 0 Å². The molecule has 2 fully saturated rings. The number of piperazine rings is 1. The van der Waals surface area contributed by atoms with E-state index in [4.69, 9.17) is 14.5 Å². The molecule has 14 nitrogen and oxygen atoms in total. The van der Waals surface area contributed by atoms with E-state index in [9.17, 15) is 14.4 Å². The lowest BCUT2D eigenvalue weighted by Gasteiger charge is -2.41. The van der Waals surface area contributed by atoms with Crippen molar-refractivity contribution in [2.24, 2.45) is 7.05 Å². The third-order valence-corrected chi connectivity index (χ3v) is 10.0. The summed E-state index contributed by atoms with van der Waals surface area (Å²) in [4.78, 5) is 56.4. The summed E-state index contributed by atoms with van der Waals surface area (Å²) in [5, 5.41) is 4.26. The molecular formula is C41H47N9O5. The summed E-state index contributed by atoms with van der Waals surface area (Å²) in [5.41, 5.74) is 6.07. The molecule has 2 aliphatic rings. The first-order valence-electron chi connectivity index (χ1n) is 18.5. The van der Waals surface area contributed by atoms with Crippen molar-refractivity contribution >= 4 is 29.3 Å². The van der Waals surface area contributed by atoms with Gasteiger partial charge in [0, 0.05) is 69.5 Å². The van der Waals surface area contributed by atoms with E-state index in [1.54, 1.807) is 40.3 Å². The Morgan fingerprint density at radius 2 is 1.62 bits per heavy atom. The van der Waals surface area contributed by atoms with Crippen molar-refractivity contribution < 1.29 is 19.1 Å². The first kappa shape index (κ1) is 37.1. The Morgan fingerprint density at radius 3 is 2.29 bits per heavy atom. The minimum atomic E-state index is -0.553. The third-order valence-electron chi connectivity index (χ3n) is 10.0. The van der Waals surface area contributed by atoms with Crippen molar-refractivity contribution in [1.29, 1.82) is 0 Å². The van der Waals surface area contributed by atoms with Crippen LogP contribution in [0.4, 0.5) is 26.8 Å². The minimum Gasteiger partial charge on any atom is -0.467 e. The average Bonchev–Trinajstić information content (AvgIpc) is 3.71. The van der Waals surface area contributed by atoms with Crippen LogP contribution in [0.2, 0.25) is 0 Å². The highest BCUT2D eigenvalue weighted by Crippen LogP contribution is 2.40. The number of methoxy groups -OCH3 is 1. The molecule has 55 heavy (non-hydrogen) atoms. The molecule has 3 amide bonds. The monoisotopic (exact) mass is 745 g/mol. The van der Waals surface area contributed by atoms with Crippen molar-refractivity contribution in [3.8, 4) is 34.0 Å². The van der Waals surface area contributed by atoms with Gasteiger partial charge in [-0.25, -0.2) is 28.6 Å². The summed E-state index contributed by atoms with van der Waals surface area (Å²) in [5.74, 6) is 0.617. The van der Waals surface area contributed by atoms with E-state index in [0.717, 1.165) is 39.2 Å². The Bertz CT molecular complexity index is 2260. The molecule has 2 aromatic carbocycles. The molecular weight excluding hydrogens is 699 g/mol. The molecule has 2 saturated heterocycles. The van der Waals surface area contributed by atoms with Gasteiger partial charge in [0.05, 0.1) is 24.7 Å². The van der Waals surface area contributed by atoms with Crippen LogP contribution in [0.3, 0.4) is 0 Å². The molecule has 3 aromatic heterocycles. The van der Waals surface area contributed by atoms with Crippen LogP contribution in [-0.4, -0.2) is 92.8 Å². The number of hydrogen-bond donors (Lipinski definition) is 0. The fourth-order valence-electron chi connectivity index (χ4n) is 7.41. The molecule has 5 heterocycles. The van der Waals surface area contributed by atoms with Gasteiger partial charge in [0.25, 0.3) is 0 Å². The first-order chi connectivity index (χ1) is 26.4. The summed E-state index contributed by atoms with van der Waals surface area (Å²) in [6.07, 6.45) is 5.46. The van der Waals surface area contributed by atoms with Crippen LogP contribution >= 0.6 is 0 Å². The number of pyridine rings is 2. The van der Waals surface area contributed by atoms with Crippen LogP contribution in [0.15, 0.2) is 84.0 Å². The van der Waals surface area contributed by atoms with E-state index in [1.807, 2.05) is 57.2 Å². The average molecular weight is 746 g/mol. The van der Waals surface area contributed by atoms with E-state index in [1.165, 1.54) is 16.4 Å². The van der Waals surface area contributed by atoms with Gasteiger partial charge >= 0.3 is 23.8 Å². The van der Waals surface area contributed by atoms with E-state index in [0.29, 0.717) is 50.6 Å². The smallest absolute Gasteiger partial charge is 0.410 e. The van der Waals surface area contributed by atoms with Gasteiger partial charge < -0.3 is 19.3 Å². The summed E-state index contributed by atoms with van der Waals surface area (Å²) in [6.45, 7) is 12.6. The maximum atomic E-state index is 13.8. The minimum absolute atomic E-state index is 0.0701. The van der Waals surface area contributed by atoms with Crippen LogP contribution in [0, 0.1) is 0 Å². The van der Waals surface area contributed by atoms with E-state index in [-0.39, 0.29) is 29.9 Å². The zero-order chi connectivity index (χ0) is 39.0. The quantitative estimate of drug-likeness (QED) is 0.183. The number of carbonyl (C=O) groups excluding carboxylic acids is 2. The number of carbonyl (C=O) groups is 2. The summed E-state index contributed by atoms with van der Waals surface area (Å²) in [6, 6.07) is 20.0. The van der Waals surface area contributed by atoms with Gasteiger partial charge in [0.1, 0.15) is 11.4 Å². The summed E-state index contributed by atoms with van der Waals surface area (Å²) in [7, 11) is 3.08. The predicted octanol–water partition coefficient (Wildman–Crippen LogP) is 6.16. The summed E-state index contributed by atoms with van der Waals surface area (Å²) < 4.78 is 13.8. The Balaban J connectivity index is 1.26. The van der Waals surface area contributed by atoms with Crippen LogP contribution in [-0.2, 0) is 18.2 Å². The number of amides is 3. The number of nitrogens with zero attached hydrogens (tertiary/aromatic N) is 9. The molecule has 0 saturated carbocycles. The molecule has 0 aliphatic carbocycles. The van der Waals surface area contributed by atoms with Gasteiger partial charge in [-0.2, -0.15) is 0 Å². The number of hydrogen-bond acceptors (Lipinski definition) is 9. The van der Waals surface area contributed by atoms with Crippen LogP contribution in [0.1, 0.15) is 40.2 Å². The molecule has 0 unspecified atom stereocenters. The van der Waals surface area contributed by atoms with Crippen molar-refractivity contribution in [3.05, 3.63) is 95.3 Å². The fourth-order valence-corrected chi connectivity index (χ4v) is 7.41. The largest absolute Gasteiger partial charge is 0.467 e. The van der Waals surface area contributed by atoms with Gasteiger partial charge in [-0.3, -0.25) is 14.8 Å². The van der Waals surface area contributed by atoms with Gasteiger partial charge in [-0.05, 0) is 98.8 Å². The zero-order valence-electron chi connectivity index (χ0n) is 32.4. The molecule has 5 aromatic rings. The fraction of sp³-hybridized carbons (Fsp3) is 0.366. The molecule has 0 spiro atoms. The van der Waals surface area contributed by atoms with E-state index in [2.05, 4.69) is 53.1 Å². The molecule has 0 bridgehead atoms. The molecule has 1 atom stereocenters. The third kappa shape index (κ3) is 7.23. The lowest BCUT2D eigenvalue weighted by Crippen LogP contribution is -2.54. The molecule has 7 rings (SSSR count). The second-order valence-corrected chi connectivity index (χ2v) is 14.8. The van der Waals surface area contributed by atoms with Crippen molar-refractivity contribution in [2.75, 3.05) is 54.5 Å². The SMILES string of the molecule is CCc1c(-c2ccc(-n3c(OC)nn(C)c3=O)cc2-c2ccc(N3CCN(C(=O)OC(C)(C)C)C[C@@H]3C)cc2)ccnc1N1CCN(c2cccnc2)C1=O. The molecule has 2 aliphatic heterocycles. The molecule has 0 radical (unpaired) electrons. The van der Waals surface area contributed by atoms with Gasteiger partial charge in [0.15, 0.2) is 0 Å². The standard InChI is InChI=1S/C41H47N9O5/c1-8-32-34(17-19-43-36(32)49-23-22-48(39(49)52)31-10-9-18-42-25-31)33-16-15-30(50-37(54-7)44-45(6)38(50)51)24-35(33)28-11-13-29(14-12-28)47-21-20-46(26-27(47)2)40(53)55-41(3,4)5/h9-19,24-25,27H,8,20-23,26H2,1-7H3/t27-/m0/s1. The van der Waals surface area contributed by atoms with Crippen LogP contribution in [0.5, 0.6) is 6.01 Å². The topological polar surface area (TPSA) is 131 Å². The highest BCUT2D eigenvalue weighted by Gasteiger charge is 2.34. The lowest BCUT2D eigenvalue weighted by atomic mass is 9.90. The van der Waals surface area contributed by atoms with E-state index < -0.39 is 5.60 Å². The number of anilines is 3. The zero-order valence-corrected chi connectivity index (χ0v) is 32.4. The Labute approximate surface area is 320 Å². The number of benzene rings is 2. The Morgan fingerprint density at radius 1 is 0.873 bits per heavy atom. The number of aryl methyl sites for hydroxylation is 1. The number of aromatic nitrogens is 5. The summed E-state index contributed by atoms with van der Waals surface area (Å²) >= 11 is 0. The number of urea groups is 1. The van der Waals surface area contributed by atoms with Crippen molar-refractivity contribution in [3.63, 3.8) is 0 Å². The maximum absolute atomic E-state index is 13.8. The van der Waals surface area contributed by atoms with Crippen molar-refractivity contribution in [1.82, 2.24) is 29.2 Å². The van der Waals surface area contributed by atoms with Gasteiger partial charge in [0.2, 0.25) is 0 Å². The normalized spacial score (nSPS) is 16.2. The highest BCUT2D eigenvalue weighted by molar-refractivity contribution is 6.06. The first-order valence-corrected chi connectivity index (χ1v) is 18.5. The highest BCUT2D eigenvalue weighted by atomic mass is 16.6. The van der Waals surface area contributed by atoms with Crippen LogP contribution < -0.4 is 25.1 Å². The second-order valence-electron chi connectivity index (χ2n) is 14.8. The second kappa shape index (κ2) is 14.9. The van der Waals surface area contributed by atoms with Gasteiger partial charge in [-0.15, -0.1) is 5.10 Å². The molecule has 0 N–H and O–H groups in total. The molecule has 14 heteroatoms. The number of rotatable bonds is 8. The predicted molar refractivity (Wildman–Crippen MR) is 212 cm³/mol. The lowest BCUT2D eigenvalue weighted by molar-refractivity contribution is 0.0218. The Hall–Kier alpha value is -6.18.